The number of aryl methyl sites for hydroxylation is 3. The van der Waals surface area contributed by atoms with Crippen molar-refractivity contribution in [1.82, 2.24) is 14.8 Å². The summed E-state index contributed by atoms with van der Waals surface area (Å²) in [5.41, 5.74) is 6.61. The number of nitrogens with zero attached hydrogens (tertiary/aromatic N) is 3. The summed E-state index contributed by atoms with van der Waals surface area (Å²) in [6, 6.07) is 17.7. The number of carbonyl (C=O) groups excluding carboxylic acids is 1. The minimum absolute atomic E-state index is 0.0367. The number of nitrogens with one attached hydrogen (secondary N) is 1. The van der Waals surface area contributed by atoms with Crippen LogP contribution in [-0.4, -0.2) is 27.3 Å². The molecule has 2 aromatic carbocycles. The molecule has 32 heavy (non-hydrogen) atoms. The number of fused-ring (bicyclic) bond motifs is 1. The van der Waals surface area contributed by atoms with Gasteiger partial charge < -0.3 is 10.1 Å². The molecule has 4 aromatic rings. The summed E-state index contributed by atoms with van der Waals surface area (Å²) in [6.07, 6.45) is 0.881. The van der Waals surface area contributed by atoms with E-state index in [1.165, 1.54) is 0 Å². The Labute approximate surface area is 188 Å². The molecule has 0 unspecified atom stereocenters. The molecule has 0 atom stereocenters. The zero-order valence-corrected chi connectivity index (χ0v) is 19.0. The first-order valence-electron chi connectivity index (χ1n) is 10.9. The van der Waals surface area contributed by atoms with Crippen LogP contribution in [0.5, 0.6) is 5.88 Å². The molecule has 164 valence electrons. The maximum absolute atomic E-state index is 12.5. The van der Waals surface area contributed by atoms with Gasteiger partial charge in [-0.3, -0.25) is 4.79 Å². The second-order valence-electron chi connectivity index (χ2n) is 7.90. The first-order valence-corrected chi connectivity index (χ1v) is 10.9. The Morgan fingerprint density at radius 2 is 1.84 bits per heavy atom. The van der Waals surface area contributed by atoms with Crippen molar-refractivity contribution in [3.63, 3.8) is 0 Å². The number of para-hydroxylation sites is 1. The van der Waals surface area contributed by atoms with Crippen molar-refractivity contribution < 1.29 is 9.53 Å². The van der Waals surface area contributed by atoms with Crippen LogP contribution in [0.2, 0.25) is 0 Å². The smallest absolute Gasteiger partial charge is 0.224 e. The molecule has 4 rings (SSSR count). The van der Waals surface area contributed by atoms with Gasteiger partial charge in [0.25, 0.3) is 0 Å². The SMILES string of the molecule is CCOc1nc2c(c(C)nn2-c2cccc(C)c2)c(C)c1CCC(=O)Nc1ccccc1. The van der Waals surface area contributed by atoms with Gasteiger partial charge in [-0.1, -0.05) is 30.3 Å². The molecular weight excluding hydrogens is 400 g/mol. The lowest BCUT2D eigenvalue weighted by atomic mass is 10.0. The number of pyridine rings is 1. The molecule has 0 aliphatic heterocycles. The summed E-state index contributed by atoms with van der Waals surface area (Å²) in [7, 11) is 0. The lowest BCUT2D eigenvalue weighted by Gasteiger charge is -2.14. The minimum Gasteiger partial charge on any atom is -0.478 e. The van der Waals surface area contributed by atoms with Crippen LogP contribution in [-0.2, 0) is 11.2 Å². The Morgan fingerprint density at radius 1 is 1.06 bits per heavy atom. The lowest BCUT2D eigenvalue weighted by Crippen LogP contribution is -2.13. The third-order valence-corrected chi connectivity index (χ3v) is 5.52. The monoisotopic (exact) mass is 428 g/mol. The molecule has 0 aliphatic rings. The Balaban J connectivity index is 1.69. The number of amides is 1. The molecule has 0 fully saturated rings. The van der Waals surface area contributed by atoms with E-state index in [2.05, 4.69) is 31.3 Å². The van der Waals surface area contributed by atoms with Crippen molar-refractivity contribution in [2.24, 2.45) is 0 Å². The van der Waals surface area contributed by atoms with Gasteiger partial charge in [-0.05, 0) is 69.5 Å². The number of benzene rings is 2. The van der Waals surface area contributed by atoms with E-state index in [4.69, 9.17) is 14.8 Å². The summed E-state index contributed by atoms with van der Waals surface area (Å²) in [6.45, 7) is 8.56. The Morgan fingerprint density at radius 3 is 2.56 bits per heavy atom. The summed E-state index contributed by atoms with van der Waals surface area (Å²) in [4.78, 5) is 17.4. The predicted octanol–water partition coefficient (Wildman–Crippen LogP) is 5.32. The van der Waals surface area contributed by atoms with Gasteiger partial charge in [-0.15, -0.1) is 0 Å². The molecule has 1 N–H and O–H groups in total. The first-order chi connectivity index (χ1) is 15.5. The van der Waals surface area contributed by atoms with Crippen LogP contribution in [0.4, 0.5) is 5.69 Å². The fourth-order valence-corrected chi connectivity index (χ4v) is 4.01. The van der Waals surface area contributed by atoms with Crippen LogP contribution < -0.4 is 10.1 Å². The van der Waals surface area contributed by atoms with E-state index in [-0.39, 0.29) is 5.91 Å². The van der Waals surface area contributed by atoms with E-state index >= 15 is 0 Å². The minimum atomic E-state index is -0.0367. The zero-order chi connectivity index (χ0) is 22.7. The van der Waals surface area contributed by atoms with Crippen molar-refractivity contribution in [3.05, 3.63) is 77.0 Å². The fraction of sp³-hybridized carbons (Fsp3) is 0.269. The molecule has 6 heteroatoms. The third kappa shape index (κ3) is 4.35. The number of hydrogen-bond donors (Lipinski definition) is 1. The van der Waals surface area contributed by atoms with Gasteiger partial charge in [0, 0.05) is 23.1 Å². The normalized spacial score (nSPS) is 11.0. The second kappa shape index (κ2) is 9.22. The molecule has 6 nitrogen and oxygen atoms in total. The van der Waals surface area contributed by atoms with Gasteiger partial charge >= 0.3 is 0 Å². The topological polar surface area (TPSA) is 69.0 Å². The average Bonchev–Trinajstić information content (AvgIpc) is 3.11. The Kier molecular flexibility index (Phi) is 6.21. The summed E-state index contributed by atoms with van der Waals surface area (Å²) in [5.74, 6) is 0.532. The molecule has 2 aromatic heterocycles. The van der Waals surface area contributed by atoms with E-state index < -0.39 is 0 Å². The zero-order valence-electron chi connectivity index (χ0n) is 19.0. The highest BCUT2D eigenvalue weighted by Crippen LogP contribution is 2.32. The summed E-state index contributed by atoms with van der Waals surface area (Å²) in [5, 5.41) is 8.73. The molecule has 0 spiro atoms. The van der Waals surface area contributed by atoms with Crippen LogP contribution in [0.3, 0.4) is 0 Å². The highest BCUT2D eigenvalue weighted by atomic mass is 16.5. The highest BCUT2D eigenvalue weighted by molar-refractivity contribution is 5.91. The summed E-state index contributed by atoms with van der Waals surface area (Å²) < 4.78 is 7.79. The van der Waals surface area contributed by atoms with Gasteiger partial charge in [0.1, 0.15) is 0 Å². The molecule has 2 heterocycles. The molecule has 0 aliphatic carbocycles. The maximum Gasteiger partial charge on any atom is 0.224 e. The van der Waals surface area contributed by atoms with Crippen molar-refractivity contribution >= 4 is 22.6 Å². The van der Waals surface area contributed by atoms with Gasteiger partial charge in [0.05, 0.1) is 18.0 Å². The highest BCUT2D eigenvalue weighted by Gasteiger charge is 2.20. The lowest BCUT2D eigenvalue weighted by molar-refractivity contribution is -0.116. The molecular formula is C26H28N4O2. The van der Waals surface area contributed by atoms with Crippen LogP contribution in [0.15, 0.2) is 54.6 Å². The van der Waals surface area contributed by atoms with Crippen LogP contribution in [0, 0.1) is 20.8 Å². The van der Waals surface area contributed by atoms with E-state index in [9.17, 15) is 4.79 Å². The van der Waals surface area contributed by atoms with E-state index in [0.29, 0.717) is 25.3 Å². The molecule has 0 saturated carbocycles. The number of aromatic nitrogens is 3. The van der Waals surface area contributed by atoms with Crippen molar-refractivity contribution in [3.8, 4) is 11.6 Å². The number of hydrogen-bond acceptors (Lipinski definition) is 4. The average molecular weight is 429 g/mol. The van der Waals surface area contributed by atoms with Crippen molar-refractivity contribution in [2.45, 2.75) is 40.5 Å². The van der Waals surface area contributed by atoms with Crippen molar-refractivity contribution in [2.75, 3.05) is 11.9 Å². The number of carbonyl (C=O) groups is 1. The first kappa shape index (κ1) is 21.6. The van der Waals surface area contributed by atoms with Crippen LogP contribution in [0.25, 0.3) is 16.7 Å². The summed E-state index contributed by atoms with van der Waals surface area (Å²) >= 11 is 0. The van der Waals surface area contributed by atoms with Gasteiger partial charge in [0.15, 0.2) is 5.65 Å². The van der Waals surface area contributed by atoms with E-state index in [1.54, 1.807) is 0 Å². The quantitative estimate of drug-likeness (QED) is 0.433. The molecule has 0 radical (unpaired) electrons. The standard InChI is InChI=1S/C26H28N4O2/c1-5-32-26-22(14-15-23(31)27-20-11-7-6-8-12-20)18(3)24-19(4)29-30(25(24)28-26)21-13-9-10-17(2)16-21/h6-13,16H,5,14-15H2,1-4H3,(H,27,31). The predicted molar refractivity (Wildman–Crippen MR) is 128 cm³/mol. The number of rotatable bonds is 7. The van der Waals surface area contributed by atoms with E-state index in [0.717, 1.165) is 44.8 Å². The van der Waals surface area contributed by atoms with Crippen LogP contribution in [0.1, 0.15) is 35.7 Å². The maximum atomic E-state index is 12.5. The molecule has 0 bridgehead atoms. The van der Waals surface area contributed by atoms with Crippen molar-refractivity contribution in [1.29, 1.82) is 0 Å². The largest absolute Gasteiger partial charge is 0.478 e. The van der Waals surface area contributed by atoms with Gasteiger partial charge in [-0.2, -0.15) is 10.1 Å². The third-order valence-electron chi connectivity index (χ3n) is 5.52. The Hall–Kier alpha value is -3.67. The Bertz CT molecular complexity index is 1260. The molecule has 0 saturated heterocycles. The fourth-order valence-electron chi connectivity index (χ4n) is 4.01. The molecule has 1 amide bonds. The number of anilines is 1. The van der Waals surface area contributed by atoms with Gasteiger partial charge in [0.2, 0.25) is 11.8 Å². The van der Waals surface area contributed by atoms with Crippen LogP contribution >= 0.6 is 0 Å². The van der Waals surface area contributed by atoms with Gasteiger partial charge in [-0.25, -0.2) is 4.68 Å². The van der Waals surface area contributed by atoms with E-state index in [1.807, 2.05) is 61.0 Å². The second-order valence-corrected chi connectivity index (χ2v) is 7.90. The number of ether oxygens (including phenoxy) is 1.